The SMILES string of the molecule is O=C1N[C@H]2[C@H](CS[C@H]2CCCCBr)N1. The van der Waals surface area contributed by atoms with Gasteiger partial charge in [0.25, 0.3) is 0 Å². The molecule has 0 saturated carbocycles. The second-order valence-electron chi connectivity index (χ2n) is 3.81. The van der Waals surface area contributed by atoms with Crippen molar-refractivity contribution in [2.24, 2.45) is 0 Å². The lowest BCUT2D eigenvalue weighted by atomic mass is 10.0. The first-order valence-electron chi connectivity index (χ1n) is 5.06. The first-order valence-corrected chi connectivity index (χ1v) is 7.23. The van der Waals surface area contributed by atoms with E-state index in [1.807, 2.05) is 11.8 Å². The van der Waals surface area contributed by atoms with Gasteiger partial charge < -0.3 is 10.6 Å². The van der Waals surface area contributed by atoms with Crippen molar-refractivity contribution in [1.29, 1.82) is 0 Å². The number of rotatable bonds is 4. The number of urea groups is 1. The van der Waals surface area contributed by atoms with Crippen LogP contribution < -0.4 is 10.6 Å². The molecule has 2 amide bonds. The molecular formula is C9H15BrN2OS. The Kier molecular flexibility index (Phi) is 3.60. The largest absolute Gasteiger partial charge is 0.332 e. The van der Waals surface area contributed by atoms with Crippen LogP contribution in [0.1, 0.15) is 19.3 Å². The van der Waals surface area contributed by atoms with Gasteiger partial charge in [-0.15, -0.1) is 0 Å². The van der Waals surface area contributed by atoms with Crippen molar-refractivity contribution in [2.75, 3.05) is 11.1 Å². The van der Waals surface area contributed by atoms with Crippen LogP contribution >= 0.6 is 27.7 Å². The number of hydrogen-bond donors (Lipinski definition) is 2. The third-order valence-electron chi connectivity index (χ3n) is 2.81. The standard InChI is InChI=1S/C9H15BrN2OS/c10-4-2-1-3-7-8-6(5-14-7)11-9(13)12-8/h6-8H,1-5H2,(H2,11,12,13)/t6-,7-,8-/m0/s1. The Hall–Kier alpha value is 0.1000. The highest BCUT2D eigenvalue weighted by molar-refractivity contribution is 9.09. The van der Waals surface area contributed by atoms with Gasteiger partial charge in [0.15, 0.2) is 0 Å². The lowest BCUT2D eigenvalue weighted by Crippen LogP contribution is -2.36. The monoisotopic (exact) mass is 278 g/mol. The molecule has 2 N–H and O–H groups in total. The third kappa shape index (κ3) is 2.19. The number of carbonyl (C=O) groups excluding carboxylic acids is 1. The lowest BCUT2D eigenvalue weighted by Gasteiger charge is -2.15. The number of unbranched alkanes of at least 4 members (excludes halogenated alkanes) is 1. The summed E-state index contributed by atoms with van der Waals surface area (Å²) in [5, 5.41) is 7.68. The van der Waals surface area contributed by atoms with Gasteiger partial charge in [0.2, 0.25) is 0 Å². The maximum absolute atomic E-state index is 11.1. The summed E-state index contributed by atoms with van der Waals surface area (Å²) >= 11 is 5.43. The number of amides is 2. The predicted octanol–water partition coefficient (Wildman–Crippen LogP) is 1.72. The van der Waals surface area contributed by atoms with Gasteiger partial charge in [0, 0.05) is 16.3 Å². The van der Waals surface area contributed by atoms with E-state index in [1.54, 1.807) is 0 Å². The van der Waals surface area contributed by atoms with Crippen molar-refractivity contribution in [3.05, 3.63) is 0 Å². The summed E-state index contributed by atoms with van der Waals surface area (Å²) in [4.78, 5) is 11.1. The molecule has 0 aromatic rings. The average Bonchev–Trinajstić information content (AvgIpc) is 2.66. The van der Waals surface area contributed by atoms with E-state index >= 15 is 0 Å². The van der Waals surface area contributed by atoms with Crippen LogP contribution in [0.25, 0.3) is 0 Å². The summed E-state index contributed by atoms with van der Waals surface area (Å²) in [6.07, 6.45) is 3.71. The van der Waals surface area contributed by atoms with Gasteiger partial charge in [-0.25, -0.2) is 4.79 Å². The van der Waals surface area contributed by atoms with E-state index in [1.165, 1.54) is 19.3 Å². The van der Waals surface area contributed by atoms with Crippen LogP contribution in [0.15, 0.2) is 0 Å². The van der Waals surface area contributed by atoms with Crippen molar-refractivity contribution in [3.8, 4) is 0 Å². The molecule has 2 heterocycles. The maximum Gasteiger partial charge on any atom is 0.315 e. The van der Waals surface area contributed by atoms with Crippen molar-refractivity contribution >= 4 is 33.7 Å². The van der Waals surface area contributed by atoms with Crippen LogP contribution in [0.4, 0.5) is 4.79 Å². The normalized spacial score (nSPS) is 35.2. The molecule has 3 atom stereocenters. The fourth-order valence-electron chi connectivity index (χ4n) is 2.08. The summed E-state index contributed by atoms with van der Waals surface area (Å²) in [6, 6.07) is 0.773. The summed E-state index contributed by atoms with van der Waals surface area (Å²) < 4.78 is 0. The summed E-state index contributed by atoms with van der Waals surface area (Å²) in [5.41, 5.74) is 0. The van der Waals surface area contributed by atoms with Crippen LogP contribution in [0.5, 0.6) is 0 Å². The van der Waals surface area contributed by atoms with Gasteiger partial charge in [0.1, 0.15) is 0 Å². The van der Waals surface area contributed by atoms with Crippen LogP contribution in [0, 0.1) is 0 Å². The van der Waals surface area contributed by atoms with Crippen LogP contribution in [0.2, 0.25) is 0 Å². The molecule has 5 heteroatoms. The third-order valence-corrected chi connectivity index (χ3v) is 4.88. The van der Waals surface area contributed by atoms with Crippen LogP contribution in [-0.2, 0) is 0 Å². The zero-order chi connectivity index (χ0) is 9.97. The highest BCUT2D eigenvalue weighted by Gasteiger charge is 2.42. The minimum Gasteiger partial charge on any atom is -0.332 e. The minimum atomic E-state index is 0.0193. The molecule has 0 spiro atoms. The van der Waals surface area contributed by atoms with Gasteiger partial charge in [-0.1, -0.05) is 22.4 Å². The Morgan fingerprint density at radius 2 is 2.29 bits per heavy atom. The first-order chi connectivity index (χ1) is 6.81. The van der Waals surface area contributed by atoms with Gasteiger partial charge in [-0.05, 0) is 12.8 Å². The molecule has 14 heavy (non-hydrogen) atoms. The first kappa shape index (κ1) is 10.6. The lowest BCUT2D eigenvalue weighted by molar-refractivity contribution is 0.247. The van der Waals surface area contributed by atoms with E-state index in [2.05, 4.69) is 26.6 Å². The Morgan fingerprint density at radius 3 is 3.07 bits per heavy atom. The van der Waals surface area contributed by atoms with Crippen LogP contribution in [-0.4, -0.2) is 34.4 Å². The van der Waals surface area contributed by atoms with E-state index < -0.39 is 0 Å². The second-order valence-corrected chi connectivity index (χ2v) is 5.87. The van der Waals surface area contributed by atoms with E-state index in [-0.39, 0.29) is 6.03 Å². The number of halogens is 1. The molecule has 80 valence electrons. The molecule has 2 aliphatic rings. The number of thioether (sulfide) groups is 1. The van der Waals surface area contributed by atoms with Crippen LogP contribution in [0.3, 0.4) is 0 Å². The molecule has 3 nitrogen and oxygen atoms in total. The molecule has 0 radical (unpaired) electrons. The summed E-state index contributed by atoms with van der Waals surface area (Å²) in [5.74, 6) is 1.07. The molecule has 0 bridgehead atoms. The number of hydrogen-bond acceptors (Lipinski definition) is 2. The quantitative estimate of drug-likeness (QED) is 0.467. The number of carbonyl (C=O) groups is 1. The van der Waals surface area contributed by atoms with Crippen molar-refractivity contribution in [1.82, 2.24) is 10.6 Å². The summed E-state index contributed by atoms with van der Waals surface area (Å²) in [7, 11) is 0. The fourth-order valence-corrected chi connectivity index (χ4v) is 4.02. The predicted molar refractivity (Wildman–Crippen MR) is 63.1 cm³/mol. The zero-order valence-corrected chi connectivity index (χ0v) is 10.4. The van der Waals surface area contributed by atoms with Gasteiger partial charge >= 0.3 is 6.03 Å². The molecule has 2 saturated heterocycles. The van der Waals surface area contributed by atoms with Gasteiger partial charge in [-0.3, -0.25) is 0 Å². The van der Waals surface area contributed by atoms with Crippen molar-refractivity contribution in [3.63, 3.8) is 0 Å². The van der Waals surface area contributed by atoms with E-state index in [9.17, 15) is 4.79 Å². The highest BCUT2D eigenvalue weighted by atomic mass is 79.9. The molecule has 2 rings (SSSR count). The number of fused-ring (bicyclic) bond motifs is 1. The Bertz CT molecular complexity index is 227. The fraction of sp³-hybridized carbons (Fsp3) is 0.889. The second kappa shape index (κ2) is 4.75. The molecule has 2 fully saturated rings. The number of nitrogens with one attached hydrogen (secondary N) is 2. The van der Waals surface area contributed by atoms with Crippen molar-refractivity contribution < 1.29 is 4.79 Å². The molecule has 0 unspecified atom stereocenters. The average molecular weight is 279 g/mol. The Morgan fingerprint density at radius 1 is 1.43 bits per heavy atom. The number of alkyl halides is 1. The topological polar surface area (TPSA) is 41.1 Å². The molecule has 2 aliphatic heterocycles. The van der Waals surface area contributed by atoms with E-state index in [0.29, 0.717) is 17.3 Å². The smallest absolute Gasteiger partial charge is 0.315 e. The molecule has 0 aromatic carbocycles. The molecular weight excluding hydrogens is 264 g/mol. The summed E-state index contributed by atoms with van der Waals surface area (Å²) in [6.45, 7) is 0. The molecule has 0 aromatic heterocycles. The van der Waals surface area contributed by atoms with Gasteiger partial charge in [-0.2, -0.15) is 11.8 Å². The van der Waals surface area contributed by atoms with Gasteiger partial charge in [0.05, 0.1) is 12.1 Å². The highest BCUT2D eigenvalue weighted by Crippen LogP contribution is 2.32. The Labute approximate surface area is 96.9 Å². The zero-order valence-electron chi connectivity index (χ0n) is 7.96. The Balaban J connectivity index is 1.80. The molecule has 0 aliphatic carbocycles. The maximum atomic E-state index is 11.1. The van der Waals surface area contributed by atoms with E-state index in [4.69, 9.17) is 0 Å². The minimum absolute atomic E-state index is 0.0193. The van der Waals surface area contributed by atoms with E-state index in [0.717, 1.165) is 11.1 Å². The van der Waals surface area contributed by atoms with Crippen molar-refractivity contribution in [2.45, 2.75) is 36.6 Å².